The van der Waals surface area contributed by atoms with Crippen molar-refractivity contribution in [2.45, 2.75) is 17.0 Å². The summed E-state index contributed by atoms with van der Waals surface area (Å²) in [5, 5.41) is 3.54. The van der Waals surface area contributed by atoms with Gasteiger partial charge >= 0.3 is 0 Å². The molecule has 0 radical (unpaired) electrons. The minimum atomic E-state index is -3.84. The fourth-order valence-corrected chi connectivity index (χ4v) is 4.69. The molecule has 0 bridgehead atoms. The molecule has 0 aliphatic carbocycles. The van der Waals surface area contributed by atoms with Gasteiger partial charge in [0.2, 0.25) is 5.95 Å². The molecule has 36 heavy (non-hydrogen) atoms. The molecule has 4 aromatic rings. The first-order chi connectivity index (χ1) is 17.3. The van der Waals surface area contributed by atoms with E-state index in [1.807, 2.05) is 0 Å². The van der Waals surface area contributed by atoms with Gasteiger partial charge in [-0.2, -0.15) is 0 Å². The molecule has 2 heterocycles. The molecular formula is C24H22N6O4S2. The summed E-state index contributed by atoms with van der Waals surface area (Å²) in [6, 6.07) is 16.4. The first-order valence-corrected chi connectivity index (χ1v) is 13.1. The quantitative estimate of drug-likeness (QED) is 0.178. The molecule has 0 saturated carbocycles. The number of hydrogen-bond acceptors (Lipinski definition) is 10. The van der Waals surface area contributed by atoms with Crippen molar-refractivity contribution in [3.05, 3.63) is 84.3 Å². The Hall–Kier alpha value is -4.03. The maximum Gasteiger partial charge on any atom is 0.264 e. The van der Waals surface area contributed by atoms with Crippen molar-refractivity contribution < 1.29 is 17.9 Å². The summed E-state index contributed by atoms with van der Waals surface area (Å²) in [5.41, 5.74) is 1.86. The Morgan fingerprint density at radius 2 is 1.67 bits per heavy atom. The van der Waals surface area contributed by atoms with Gasteiger partial charge in [-0.1, -0.05) is 11.8 Å². The summed E-state index contributed by atoms with van der Waals surface area (Å²) in [6.07, 6.45) is 3.07. The van der Waals surface area contributed by atoms with E-state index in [0.717, 1.165) is 0 Å². The number of sulfonamides is 1. The van der Waals surface area contributed by atoms with Crippen molar-refractivity contribution in [1.29, 1.82) is 0 Å². The summed E-state index contributed by atoms with van der Waals surface area (Å²) in [5.74, 6) is 1.33. The smallest absolute Gasteiger partial charge is 0.264 e. The molecule has 12 heteroatoms. The molecule has 0 atom stereocenters. The van der Waals surface area contributed by atoms with Crippen molar-refractivity contribution >= 4 is 45.0 Å². The maximum atomic E-state index is 12.6. The fourth-order valence-electron chi connectivity index (χ4n) is 3.01. The molecule has 0 amide bonds. The number of carbonyl (C=O) groups excluding carboxylic acids is 1. The molecule has 2 aromatic carbocycles. The number of ether oxygens (including phenoxy) is 1. The maximum absolute atomic E-state index is 12.6. The Kier molecular flexibility index (Phi) is 7.76. The average Bonchev–Trinajstić information content (AvgIpc) is 2.88. The number of aryl methyl sites for hydroxylation is 1. The molecule has 4 rings (SSSR count). The number of aromatic nitrogens is 4. The molecule has 184 valence electrons. The van der Waals surface area contributed by atoms with Crippen molar-refractivity contribution in [3.63, 3.8) is 0 Å². The van der Waals surface area contributed by atoms with Crippen molar-refractivity contribution in [3.8, 4) is 5.75 Å². The Morgan fingerprint density at radius 1 is 0.944 bits per heavy atom. The number of rotatable bonds is 10. The fraction of sp³-hybridized carbons (Fsp3) is 0.125. The summed E-state index contributed by atoms with van der Waals surface area (Å²) < 4.78 is 32.7. The molecule has 0 saturated heterocycles. The Balaban J connectivity index is 1.37. The lowest BCUT2D eigenvalue weighted by molar-refractivity contribution is 0.102. The van der Waals surface area contributed by atoms with Crippen LogP contribution in [0.15, 0.2) is 83.1 Å². The van der Waals surface area contributed by atoms with Gasteiger partial charge in [0.1, 0.15) is 11.6 Å². The van der Waals surface area contributed by atoms with Gasteiger partial charge in [0.15, 0.2) is 10.9 Å². The molecule has 2 N–H and O–H groups in total. The molecule has 0 spiro atoms. The van der Waals surface area contributed by atoms with E-state index in [1.165, 1.54) is 30.1 Å². The van der Waals surface area contributed by atoms with E-state index >= 15 is 0 Å². The summed E-state index contributed by atoms with van der Waals surface area (Å²) in [7, 11) is -2.27. The van der Waals surface area contributed by atoms with Gasteiger partial charge in [-0.05, 0) is 67.6 Å². The second-order valence-corrected chi connectivity index (χ2v) is 10.1. The number of benzene rings is 2. The molecule has 0 fully saturated rings. The predicted molar refractivity (Wildman–Crippen MR) is 137 cm³/mol. The van der Waals surface area contributed by atoms with Crippen LogP contribution < -0.4 is 14.8 Å². The van der Waals surface area contributed by atoms with E-state index in [9.17, 15) is 13.2 Å². The van der Waals surface area contributed by atoms with Gasteiger partial charge in [0.25, 0.3) is 10.0 Å². The minimum Gasteiger partial charge on any atom is -0.497 e. The Labute approximate surface area is 212 Å². The van der Waals surface area contributed by atoms with Gasteiger partial charge in [0, 0.05) is 29.3 Å². The van der Waals surface area contributed by atoms with Crippen molar-refractivity contribution in [1.82, 2.24) is 19.9 Å². The van der Waals surface area contributed by atoms with E-state index in [2.05, 4.69) is 30.0 Å². The highest BCUT2D eigenvalue weighted by atomic mass is 32.2. The number of anilines is 3. The van der Waals surface area contributed by atoms with E-state index in [1.54, 1.807) is 68.8 Å². The lowest BCUT2D eigenvalue weighted by Crippen LogP contribution is -2.15. The van der Waals surface area contributed by atoms with Gasteiger partial charge in [0.05, 0.1) is 17.8 Å². The van der Waals surface area contributed by atoms with Gasteiger partial charge < -0.3 is 10.1 Å². The lowest BCUT2D eigenvalue weighted by atomic mass is 10.1. The van der Waals surface area contributed by atoms with Crippen LogP contribution in [-0.4, -0.2) is 47.0 Å². The predicted octanol–water partition coefficient (Wildman–Crippen LogP) is 4.10. The Morgan fingerprint density at radius 3 is 2.36 bits per heavy atom. The monoisotopic (exact) mass is 522 g/mol. The second-order valence-electron chi connectivity index (χ2n) is 7.44. The van der Waals surface area contributed by atoms with Gasteiger partial charge in [-0.15, -0.1) is 0 Å². The van der Waals surface area contributed by atoms with Crippen LogP contribution >= 0.6 is 11.8 Å². The first-order valence-electron chi connectivity index (χ1n) is 10.6. The van der Waals surface area contributed by atoms with Crippen LogP contribution in [0.2, 0.25) is 0 Å². The van der Waals surface area contributed by atoms with E-state index in [0.29, 0.717) is 33.7 Å². The normalized spacial score (nSPS) is 11.1. The SMILES string of the molecule is COc1ccc(C(=O)CSc2nccc(Nc3ccc(S(=O)(=O)Nc4nccc(C)n4)cc3)n2)cc1. The highest BCUT2D eigenvalue weighted by Crippen LogP contribution is 2.22. The Bertz CT molecular complexity index is 1460. The molecule has 0 aliphatic rings. The third kappa shape index (κ3) is 6.55. The number of nitrogens with zero attached hydrogens (tertiary/aromatic N) is 4. The molecule has 10 nitrogen and oxygen atoms in total. The van der Waals surface area contributed by atoms with Crippen molar-refractivity contribution in [2.24, 2.45) is 0 Å². The number of thioether (sulfide) groups is 1. The first kappa shape index (κ1) is 25.1. The second kappa shape index (κ2) is 11.1. The zero-order chi connectivity index (χ0) is 25.5. The van der Waals surface area contributed by atoms with Crippen molar-refractivity contribution in [2.75, 3.05) is 22.9 Å². The number of carbonyl (C=O) groups is 1. The van der Waals surface area contributed by atoms with Gasteiger partial charge in [-0.3, -0.25) is 4.79 Å². The zero-order valence-corrected chi connectivity index (χ0v) is 21.0. The lowest BCUT2D eigenvalue weighted by Gasteiger charge is -2.09. The molecule has 0 unspecified atom stereocenters. The number of ketones is 1. The number of Topliss-reactive ketones (excluding diaryl/α,β-unsaturated/α-hetero) is 1. The summed E-state index contributed by atoms with van der Waals surface area (Å²) in [6.45, 7) is 1.75. The largest absolute Gasteiger partial charge is 0.497 e. The van der Waals surface area contributed by atoms with Crippen LogP contribution in [0, 0.1) is 6.92 Å². The molecular weight excluding hydrogens is 500 g/mol. The van der Waals surface area contributed by atoms with Gasteiger partial charge in [-0.25, -0.2) is 33.1 Å². The highest BCUT2D eigenvalue weighted by molar-refractivity contribution is 7.99. The minimum absolute atomic E-state index is 0.00805. The van der Waals surface area contributed by atoms with Crippen LogP contribution in [-0.2, 0) is 10.0 Å². The average molecular weight is 523 g/mol. The number of nitrogens with one attached hydrogen (secondary N) is 2. The summed E-state index contributed by atoms with van der Waals surface area (Å²) in [4.78, 5) is 29.1. The third-order valence-corrected chi connectivity index (χ3v) is 7.04. The van der Waals surface area contributed by atoms with Crippen LogP contribution in [0.3, 0.4) is 0 Å². The van der Waals surface area contributed by atoms with E-state index in [4.69, 9.17) is 4.74 Å². The zero-order valence-electron chi connectivity index (χ0n) is 19.4. The number of hydrogen-bond donors (Lipinski definition) is 2. The topological polar surface area (TPSA) is 136 Å². The van der Waals surface area contributed by atoms with Crippen LogP contribution in [0.5, 0.6) is 5.75 Å². The third-order valence-electron chi connectivity index (χ3n) is 4.84. The molecule has 0 aliphatic heterocycles. The van der Waals surface area contributed by atoms with Crippen LogP contribution in [0.1, 0.15) is 16.1 Å². The van der Waals surface area contributed by atoms with E-state index < -0.39 is 10.0 Å². The summed E-state index contributed by atoms with van der Waals surface area (Å²) >= 11 is 1.22. The van der Waals surface area contributed by atoms with Crippen LogP contribution in [0.4, 0.5) is 17.5 Å². The highest BCUT2D eigenvalue weighted by Gasteiger charge is 2.16. The standard InChI is InChI=1S/C24H22N6O4S2/c1-16-11-13-25-23(27-16)30-36(32,33)20-9-5-18(6-10-20)28-22-12-14-26-24(29-22)35-15-21(31)17-3-7-19(34-2)8-4-17/h3-14H,15H2,1-2H3,(H,25,27,30)(H,26,28,29). The van der Waals surface area contributed by atoms with Crippen LogP contribution in [0.25, 0.3) is 0 Å². The molecule has 2 aromatic heterocycles. The number of methoxy groups -OCH3 is 1. The van der Waals surface area contributed by atoms with E-state index in [-0.39, 0.29) is 22.4 Å².